The molecule has 0 amide bonds. The molecule has 0 fully saturated rings. The Bertz CT molecular complexity index is 795. The van der Waals surface area contributed by atoms with Crippen LogP contribution in [0.4, 0.5) is 11.4 Å². The molecule has 0 aliphatic carbocycles. The molecule has 2 N–H and O–H groups in total. The SMILES string of the molecule is Cc1ccc(NC(=S)Nc2ccccc2-c2ccccc2)cc1. The van der Waals surface area contributed by atoms with E-state index in [-0.39, 0.29) is 0 Å². The van der Waals surface area contributed by atoms with Gasteiger partial charge in [0, 0.05) is 16.9 Å². The van der Waals surface area contributed by atoms with Crippen LogP contribution in [0.3, 0.4) is 0 Å². The average molecular weight is 318 g/mol. The summed E-state index contributed by atoms with van der Waals surface area (Å²) in [5, 5.41) is 7.09. The topological polar surface area (TPSA) is 24.1 Å². The monoisotopic (exact) mass is 318 g/mol. The number of hydrogen-bond acceptors (Lipinski definition) is 1. The van der Waals surface area contributed by atoms with E-state index in [2.05, 4.69) is 47.9 Å². The molecule has 0 aromatic heterocycles. The standard InChI is InChI=1S/C20H18N2S/c1-15-11-13-17(14-12-15)21-20(23)22-19-10-6-5-9-18(19)16-7-3-2-4-8-16/h2-14H,1H3,(H2,21,22,23). The summed E-state index contributed by atoms with van der Waals surface area (Å²) >= 11 is 5.44. The molecule has 0 unspecified atom stereocenters. The van der Waals surface area contributed by atoms with Gasteiger partial charge in [-0.25, -0.2) is 0 Å². The minimum absolute atomic E-state index is 0.581. The molecule has 0 aliphatic heterocycles. The van der Waals surface area contributed by atoms with Gasteiger partial charge in [-0.2, -0.15) is 0 Å². The van der Waals surface area contributed by atoms with Crippen molar-refractivity contribution in [2.24, 2.45) is 0 Å². The first kappa shape index (κ1) is 15.3. The predicted octanol–water partition coefficient (Wildman–Crippen LogP) is 5.47. The molecule has 3 aromatic carbocycles. The van der Waals surface area contributed by atoms with Crippen molar-refractivity contribution >= 4 is 28.7 Å². The Kier molecular flexibility index (Phi) is 4.69. The van der Waals surface area contributed by atoms with Crippen molar-refractivity contribution in [2.75, 3.05) is 10.6 Å². The van der Waals surface area contributed by atoms with Crippen LogP contribution in [0.25, 0.3) is 11.1 Å². The molecule has 0 heterocycles. The van der Waals surface area contributed by atoms with Crippen LogP contribution in [0.15, 0.2) is 78.9 Å². The van der Waals surface area contributed by atoms with Gasteiger partial charge in [0.25, 0.3) is 0 Å². The Balaban J connectivity index is 1.78. The first-order chi connectivity index (χ1) is 11.2. The third kappa shape index (κ3) is 3.96. The van der Waals surface area contributed by atoms with Gasteiger partial charge in [0.2, 0.25) is 0 Å². The second-order valence-corrected chi connectivity index (χ2v) is 5.77. The lowest BCUT2D eigenvalue weighted by atomic mass is 10.0. The molecular formula is C20H18N2S. The van der Waals surface area contributed by atoms with Gasteiger partial charge in [-0.15, -0.1) is 0 Å². The van der Waals surface area contributed by atoms with Gasteiger partial charge in [0.1, 0.15) is 0 Å². The molecule has 114 valence electrons. The molecule has 2 nitrogen and oxygen atoms in total. The van der Waals surface area contributed by atoms with Crippen molar-refractivity contribution in [2.45, 2.75) is 6.92 Å². The second-order valence-electron chi connectivity index (χ2n) is 5.36. The fourth-order valence-electron chi connectivity index (χ4n) is 2.38. The first-order valence-electron chi connectivity index (χ1n) is 7.51. The minimum Gasteiger partial charge on any atom is -0.332 e. The molecular weight excluding hydrogens is 300 g/mol. The molecule has 3 heteroatoms. The Hall–Kier alpha value is -2.65. The number of benzene rings is 3. The molecule has 0 atom stereocenters. The molecule has 0 aliphatic rings. The molecule has 0 saturated carbocycles. The van der Waals surface area contributed by atoms with Gasteiger partial charge in [0.05, 0.1) is 0 Å². The van der Waals surface area contributed by atoms with Crippen molar-refractivity contribution in [1.82, 2.24) is 0 Å². The van der Waals surface area contributed by atoms with E-state index in [0.717, 1.165) is 22.5 Å². The van der Waals surface area contributed by atoms with E-state index in [1.807, 2.05) is 48.5 Å². The number of anilines is 2. The van der Waals surface area contributed by atoms with Crippen LogP contribution in [-0.2, 0) is 0 Å². The predicted molar refractivity (Wildman–Crippen MR) is 103 cm³/mol. The maximum absolute atomic E-state index is 5.44. The molecule has 23 heavy (non-hydrogen) atoms. The van der Waals surface area contributed by atoms with E-state index in [9.17, 15) is 0 Å². The van der Waals surface area contributed by atoms with Crippen LogP contribution >= 0.6 is 12.2 Å². The Morgan fingerprint density at radius 1 is 0.739 bits per heavy atom. The molecule has 0 bridgehead atoms. The summed E-state index contributed by atoms with van der Waals surface area (Å²) in [4.78, 5) is 0. The summed E-state index contributed by atoms with van der Waals surface area (Å²) in [6.45, 7) is 2.07. The summed E-state index contributed by atoms with van der Waals surface area (Å²) < 4.78 is 0. The number of nitrogens with one attached hydrogen (secondary N) is 2. The van der Waals surface area contributed by atoms with Crippen LogP contribution in [0.5, 0.6) is 0 Å². The molecule has 0 saturated heterocycles. The lowest BCUT2D eigenvalue weighted by molar-refractivity contribution is 1.47. The normalized spacial score (nSPS) is 10.1. The number of aryl methyl sites for hydroxylation is 1. The fraction of sp³-hybridized carbons (Fsp3) is 0.0500. The maximum Gasteiger partial charge on any atom is 0.175 e. The van der Waals surface area contributed by atoms with E-state index in [1.54, 1.807) is 0 Å². The van der Waals surface area contributed by atoms with Gasteiger partial charge in [0.15, 0.2) is 5.11 Å². The van der Waals surface area contributed by atoms with E-state index >= 15 is 0 Å². The number of rotatable bonds is 3. The largest absolute Gasteiger partial charge is 0.332 e. The zero-order valence-corrected chi connectivity index (χ0v) is 13.7. The third-order valence-corrected chi connectivity index (χ3v) is 3.77. The Morgan fingerprint density at radius 2 is 1.39 bits per heavy atom. The van der Waals surface area contributed by atoms with Gasteiger partial charge in [-0.05, 0) is 42.9 Å². The van der Waals surface area contributed by atoms with E-state index in [1.165, 1.54) is 5.56 Å². The van der Waals surface area contributed by atoms with Crippen LogP contribution in [0.1, 0.15) is 5.56 Å². The van der Waals surface area contributed by atoms with Crippen molar-refractivity contribution in [3.8, 4) is 11.1 Å². The first-order valence-corrected chi connectivity index (χ1v) is 7.92. The number of para-hydroxylation sites is 1. The number of hydrogen-bond donors (Lipinski definition) is 2. The zero-order valence-electron chi connectivity index (χ0n) is 12.9. The lowest BCUT2D eigenvalue weighted by Crippen LogP contribution is -2.19. The van der Waals surface area contributed by atoms with Gasteiger partial charge in [-0.1, -0.05) is 66.2 Å². The third-order valence-electron chi connectivity index (χ3n) is 3.57. The van der Waals surface area contributed by atoms with Crippen LogP contribution in [0, 0.1) is 6.92 Å². The summed E-state index contributed by atoms with van der Waals surface area (Å²) in [5.41, 5.74) is 5.48. The van der Waals surface area contributed by atoms with Crippen LogP contribution < -0.4 is 10.6 Å². The van der Waals surface area contributed by atoms with Crippen LogP contribution in [-0.4, -0.2) is 5.11 Å². The van der Waals surface area contributed by atoms with E-state index in [0.29, 0.717) is 5.11 Å². The lowest BCUT2D eigenvalue weighted by Gasteiger charge is -2.14. The number of thiocarbonyl (C=S) groups is 1. The smallest absolute Gasteiger partial charge is 0.175 e. The van der Waals surface area contributed by atoms with Crippen LogP contribution in [0.2, 0.25) is 0 Å². The highest BCUT2D eigenvalue weighted by atomic mass is 32.1. The quantitative estimate of drug-likeness (QED) is 0.626. The second kappa shape index (κ2) is 7.07. The van der Waals surface area contributed by atoms with E-state index in [4.69, 9.17) is 12.2 Å². The highest BCUT2D eigenvalue weighted by Crippen LogP contribution is 2.27. The summed E-state index contributed by atoms with van der Waals surface area (Å²) in [5.74, 6) is 0. The van der Waals surface area contributed by atoms with Crippen molar-refractivity contribution in [1.29, 1.82) is 0 Å². The Morgan fingerprint density at radius 3 is 2.13 bits per heavy atom. The molecule has 0 radical (unpaired) electrons. The van der Waals surface area contributed by atoms with Crippen molar-refractivity contribution < 1.29 is 0 Å². The highest BCUT2D eigenvalue weighted by Gasteiger charge is 2.06. The average Bonchev–Trinajstić information content (AvgIpc) is 2.58. The fourth-order valence-corrected chi connectivity index (χ4v) is 2.61. The summed E-state index contributed by atoms with van der Waals surface area (Å²) in [6.07, 6.45) is 0. The van der Waals surface area contributed by atoms with Crippen molar-refractivity contribution in [3.05, 3.63) is 84.4 Å². The summed E-state index contributed by atoms with van der Waals surface area (Å²) in [6, 6.07) is 26.6. The van der Waals surface area contributed by atoms with Crippen molar-refractivity contribution in [3.63, 3.8) is 0 Å². The van der Waals surface area contributed by atoms with E-state index < -0.39 is 0 Å². The highest BCUT2D eigenvalue weighted by molar-refractivity contribution is 7.80. The zero-order chi connectivity index (χ0) is 16.1. The Labute approximate surface area is 142 Å². The van der Waals surface area contributed by atoms with Gasteiger partial charge in [-0.3, -0.25) is 0 Å². The molecule has 0 spiro atoms. The van der Waals surface area contributed by atoms with Gasteiger partial charge >= 0.3 is 0 Å². The summed E-state index contributed by atoms with van der Waals surface area (Å²) in [7, 11) is 0. The van der Waals surface area contributed by atoms with Gasteiger partial charge < -0.3 is 10.6 Å². The molecule has 3 rings (SSSR count). The molecule has 3 aromatic rings. The minimum atomic E-state index is 0.581. The maximum atomic E-state index is 5.44.